The van der Waals surface area contributed by atoms with Crippen molar-refractivity contribution in [2.75, 3.05) is 18.1 Å². The topological polar surface area (TPSA) is 54.5 Å². The summed E-state index contributed by atoms with van der Waals surface area (Å²) in [5.41, 5.74) is 1.06. The molecule has 1 atom stereocenters. The molecule has 1 saturated heterocycles. The van der Waals surface area contributed by atoms with Gasteiger partial charge in [0.1, 0.15) is 0 Å². The Balaban J connectivity index is 1.93. The summed E-state index contributed by atoms with van der Waals surface area (Å²) in [6.45, 7) is 2.45. The molecular weight excluding hydrogens is 310 g/mol. The number of benzene rings is 1. The zero-order valence-corrected chi connectivity index (χ0v) is 13.7. The largest absolute Gasteiger partial charge is 0.339 e. The first-order valence-corrected chi connectivity index (χ1v) is 9.35. The quantitative estimate of drug-likeness (QED) is 0.833. The van der Waals surface area contributed by atoms with E-state index < -0.39 is 9.84 Å². The van der Waals surface area contributed by atoms with E-state index in [1.165, 1.54) is 0 Å². The molecule has 21 heavy (non-hydrogen) atoms. The number of sulfone groups is 1. The van der Waals surface area contributed by atoms with Crippen LogP contribution in [0.15, 0.2) is 24.3 Å². The zero-order valence-electron chi connectivity index (χ0n) is 12.1. The minimum atomic E-state index is -2.96. The number of rotatable bonds is 5. The first kappa shape index (κ1) is 16.3. The highest BCUT2D eigenvalue weighted by Gasteiger charge is 2.33. The van der Waals surface area contributed by atoms with Crippen LogP contribution in [-0.2, 0) is 21.1 Å². The minimum Gasteiger partial charge on any atom is -0.339 e. The molecule has 4 nitrogen and oxygen atoms in total. The standard InChI is InChI=1S/C15H20ClNO3S/c1-2-17(14-9-10-21(19,20)11-14)15(18)8-5-12-3-6-13(16)7-4-12/h3-4,6-7,14H,2,5,8-11H2,1H3. The number of halogens is 1. The highest BCUT2D eigenvalue weighted by Crippen LogP contribution is 2.19. The van der Waals surface area contributed by atoms with Gasteiger partial charge in [-0.05, 0) is 37.5 Å². The van der Waals surface area contributed by atoms with E-state index in [1.807, 2.05) is 31.2 Å². The van der Waals surface area contributed by atoms with Crippen LogP contribution in [0.4, 0.5) is 0 Å². The van der Waals surface area contributed by atoms with Crippen molar-refractivity contribution in [2.45, 2.75) is 32.2 Å². The van der Waals surface area contributed by atoms with Gasteiger partial charge in [-0.3, -0.25) is 4.79 Å². The molecule has 0 aliphatic carbocycles. The Morgan fingerprint density at radius 2 is 2.00 bits per heavy atom. The lowest BCUT2D eigenvalue weighted by Crippen LogP contribution is -2.41. The van der Waals surface area contributed by atoms with Crippen molar-refractivity contribution in [2.24, 2.45) is 0 Å². The summed E-state index contributed by atoms with van der Waals surface area (Å²) in [5.74, 6) is 0.321. The minimum absolute atomic E-state index is 0.0227. The fourth-order valence-corrected chi connectivity index (χ4v) is 4.56. The van der Waals surface area contributed by atoms with Crippen LogP contribution in [0.3, 0.4) is 0 Å². The maximum absolute atomic E-state index is 12.3. The molecule has 1 aromatic carbocycles. The van der Waals surface area contributed by atoms with Gasteiger partial charge in [0.15, 0.2) is 9.84 Å². The Bertz CT molecular complexity index is 598. The SMILES string of the molecule is CCN(C(=O)CCc1ccc(Cl)cc1)C1CCS(=O)(=O)C1. The molecule has 116 valence electrons. The molecule has 0 aromatic heterocycles. The van der Waals surface area contributed by atoms with E-state index >= 15 is 0 Å². The van der Waals surface area contributed by atoms with Crippen molar-refractivity contribution in [1.29, 1.82) is 0 Å². The molecule has 1 aliphatic heterocycles. The molecule has 1 fully saturated rings. The highest BCUT2D eigenvalue weighted by molar-refractivity contribution is 7.91. The maximum atomic E-state index is 12.3. The molecule has 1 unspecified atom stereocenters. The fraction of sp³-hybridized carbons (Fsp3) is 0.533. The number of hydrogen-bond donors (Lipinski definition) is 0. The number of aryl methyl sites for hydroxylation is 1. The van der Waals surface area contributed by atoms with E-state index in [0.29, 0.717) is 30.8 Å². The van der Waals surface area contributed by atoms with Crippen LogP contribution in [0, 0.1) is 0 Å². The Morgan fingerprint density at radius 3 is 2.52 bits per heavy atom. The van der Waals surface area contributed by atoms with Crippen molar-refractivity contribution < 1.29 is 13.2 Å². The van der Waals surface area contributed by atoms with Crippen LogP contribution in [-0.4, -0.2) is 43.3 Å². The summed E-state index contributed by atoms with van der Waals surface area (Å²) in [5, 5.41) is 0.677. The van der Waals surface area contributed by atoms with E-state index in [2.05, 4.69) is 0 Å². The van der Waals surface area contributed by atoms with Gasteiger partial charge in [0, 0.05) is 24.0 Å². The number of amides is 1. The van der Waals surface area contributed by atoms with Crippen LogP contribution in [0.5, 0.6) is 0 Å². The fourth-order valence-electron chi connectivity index (χ4n) is 2.71. The molecule has 1 heterocycles. The molecule has 0 radical (unpaired) electrons. The van der Waals surface area contributed by atoms with Crippen molar-refractivity contribution in [1.82, 2.24) is 4.90 Å². The van der Waals surface area contributed by atoms with Gasteiger partial charge in [-0.25, -0.2) is 8.42 Å². The molecule has 6 heteroatoms. The van der Waals surface area contributed by atoms with Crippen molar-refractivity contribution in [3.63, 3.8) is 0 Å². The van der Waals surface area contributed by atoms with Crippen molar-refractivity contribution >= 4 is 27.3 Å². The second-order valence-electron chi connectivity index (χ2n) is 5.36. The summed E-state index contributed by atoms with van der Waals surface area (Å²) in [4.78, 5) is 14.0. The molecule has 0 saturated carbocycles. The molecule has 0 N–H and O–H groups in total. The zero-order chi connectivity index (χ0) is 15.5. The lowest BCUT2D eigenvalue weighted by atomic mass is 10.1. The molecule has 0 bridgehead atoms. The Kier molecular flexibility index (Phi) is 5.27. The van der Waals surface area contributed by atoms with Crippen LogP contribution in [0.1, 0.15) is 25.3 Å². The van der Waals surface area contributed by atoms with Crippen LogP contribution in [0.25, 0.3) is 0 Å². The van der Waals surface area contributed by atoms with Gasteiger partial charge < -0.3 is 4.90 Å². The number of hydrogen-bond acceptors (Lipinski definition) is 3. The lowest BCUT2D eigenvalue weighted by molar-refractivity contribution is -0.132. The van der Waals surface area contributed by atoms with E-state index in [1.54, 1.807) is 4.90 Å². The summed E-state index contributed by atoms with van der Waals surface area (Å²) in [6.07, 6.45) is 1.60. The lowest BCUT2D eigenvalue weighted by Gasteiger charge is -2.27. The summed E-state index contributed by atoms with van der Waals surface area (Å²) < 4.78 is 23.1. The summed E-state index contributed by atoms with van der Waals surface area (Å²) in [6, 6.07) is 7.28. The third kappa shape index (κ3) is 4.45. The van der Waals surface area contributed by atoms with Gasteiger partial charge in [-0.1, -0.05) is 23.7 Å². The van der Waals surface area contributed by atoms with Crippen molar-refractivity contribution in [3.05, 3.63) is 34.9 Å². The third-order valence-electron chi connectivity index (χ3n) is 3.85. The van der Waals surface area contributed by atoms with Gasteiger partial charge in [0.05, 0.1) is 11.5 Å². The van der Waals surface area contributed by atoms with Crippen LogP contribution >= 0.6 is 11.6 Å². The van der Waals surface area contributed by atoms with Crippen LogP contribution < -0.4 is 0 Å². The first-order valence-electron chi connectivity index (χ1n) is 7.15. The first-order chi connectivity index (χ1) is 9.91. The number of carbonyl (C=O) groups is 1. The molecular formula is C15H20ClNO3S. The van der Waals surface area contributed by atoms with E-state index in [9.17, 15) is 13.2 Å². The van der Waals surface area contributed by atoms with Crippen molar-refractivity contribution in [3.8, 4) is 0 Å². The van der Waals surface area contributed by atoms with Gasteiger partial charge in [0.2, 0.25) is 5.91 Å². The molecule has 0 spiro atoms. The Hall–Kier alpha value is -1.07. The number of nitrogens with zero attached hydrogens (tertiary/aromatic N) is 1. The van der Waals surface area contributed by atoms with E-state index in [4.69, 9.17) is 11.6 Å². The summed E-state index contributed by atoms with van der Waals surface area (Å²) in [7, 11) is -2.96. The van der Waals surface area contributed by atoms with Crippen LogP contribution in [0.2, 0.25) is 5.02 Å². The third-order valence-corrected chi connectivity index (χ3v) is 5.85. The predicted molar refractivity (Wildman–Crippen MR) is 84.2 cm³/mol. The van der Waals surface area contributed by atoms with E-state index in [-0.39, 0.29) is 23.5 Å². The second kappa shape index (κ2) is 6.79. The molecule has 1 amide bonds. The average molecular weight is 330 g/mol. The number of carbonyl (C=O) groups excluding carboxylic acids is 1. The maximum Gasteiger partial charge on any atom is 0.223 e. The Morgan fingerprint density at radius 1 is 1.33 bits per heavy atom. The monoisotopic (exact) mass is 329 g/mol. The predicted octanol–water partition coefficient (Wildman–Crippen LogP) is 2.31. The highest BCUT2D eigenvalue weighted by atomic mass is 35.5. The summed E-state index contributed by atoms with van der Waals surface area (Å²) >= 11 is 5.83. The van der Waals surface area contributed by atoms with Gasteiger partial charge in [0.25, 0.3) is 0 Å². The molecule has 2 rings (SSSR count). The average Bonchev–Trinajstić information content (AvgIpc) is 2.79. The smallest absolute Gasteiger partial charge is 0.223 e. The molecule has 1 aliphatic rings. The normalized spacial score (nSPS) is 20.4. The molecule has 1 aromatic rings. The van der Waals surface area contributed by atoms with Gasteiger partial charge >= 0.3 is 0 Å². The van der Waals surface area contributed by atoms with E-state index in [0.717, 1.165) is 5.56 Å². The second-order valence-corrected chi connectivity index (χ2v) is 8.03. The van der Waals surface area contributed by atoms with Gasteiger partial charge in [-0.15, -0.1) is 0 Å². The van der Waals surface area contributed by atoms with Gasteiger partial charge in [-0.2, -0.15) is 0 Å². The Labute approximate surface area is 131 Å².